The van der Waals surface area contributed by atoms with Crippen LogP contribution in [0.2, 0.25) is 5.02 Å². The molecule has 2 N–H and O–H groups in total. The number of benzene rings is 1. The number of halogens is 2. The van der Waals surface area contributed by atoms with E-state index in [4.69, 9.17) is 22.1 Å². The summed E-state index contributed by atoms with van der Waals surface area (Å²) in [6.07, 6.45) is 0. The summed E-state index contributed by atoms with van der Waals surface area (Å²) in [5.74, 6) is 0.626. The topological polar surface area (TPSA) is 35.2 Å². The zero-order valence-electron chi connectivity index (χ0n) is 5.90. The molecule has 0 heterocycles. The van der Waals surface area contributed by atoms with Crippen molar-refractivity contribution in [3.63, 3.8) is 0 Å². The van der Waals surface area contributed by atoms with Gasteiger partial charge in [-0.1, -0.05) is 11.6 Å². The SMILES string of the molecule is COc1cc(Br)c(Cl)cc1N.[NaH]. The van der Waals surface area contributed by atoms with Gasteiger partial charge >= 0.3 is 29.6 Å². The standard InChI is InChI=1S/C7H7BrClNO.Na.H/c1-11-7-2-4(8)5(9)3-6(7)10;;/h2-3H,10H2,1H3;;. The molecule has 0 aliphatic rings. The molecule has 0 atom stereocenters. The van der Waals surface area contributed by atoms with E-state index in [2.05, 4.69) is 15.9 Å². The first-order valence-electron chi connectivity index (χ1n) is 2.93. The van der Waals surface area contributed by atoms with Gasteiger partial charge in [-0.3, -0.25) is 0 Å². The molecule has 0 spiro atoms. The van der Waals surface area contributed by atoms with Crippen molar-refractivity contribution in [3.8, 4) is 5.75 Å². The molecule has 0 aromatic heterocycles. The summed E-state index contributed by atoms with van der Waals surface area (Å²) in [5.41, 5.74) is 6.11. The first-order valence-corrected chi connectivity index (χ1v) is 4.10. The summed E-state index contributed by atoms with van der Waals surface area (Å²) in [6.45, 7) is 0. The van der Waals surface area contributed by atoms with Crippen LogP contribution in [0.5, 0.6) is 5.75 Å². The molecule has 0 amide bonds. The fourth-order valence-corrected chi connectivity index (χ4v) is 1.22. The van der Waals surface area contributed by atoms with Gasteiger partial charge in [-0.05, 0) is 28.1 Å². The predicted molar refractivity (Wildman–Crippen MR) is 57.3 cm³/mol. The van der Waals surface area contributed by atoms with Gasteiger partial charge in [0.05, 0.1) is 17.8 Å². The number of ether oxygens (including phenoxy) is 1. The van der Waals surface area contributed by atoms with Crippen LogP contribution in [-0.2, 0) is 0 Å². The van der Waals surface area contributed by atoms with Gasteiger partial charge in [0, 0.05) is 4.47 Å². The number of nitrogen functional groups attached to an aromatic ring is 1. The summed E-state index contributed by atoms with van der Waals surface area (Å²) in [5, 5.41) is 0.586. The molecule has 1 rings (SSSR count). The van der Waals surface area contributed by atoms with E-state index in [1.807, 2.05) is 0 Å². The van der Waals surface area contributed by atoms with E-state index in [9.17, 15) is 0 Å². The summed E-state index contributed by atoms with van der Waals surface area (Å²) in [6, 6.07) is 3.38. The minimum absolute atomic E-state index is 0. The van der Waals surface area contributed by atoms with Crippen LogP contribution in [0.3, 0.4) is 0 Å². The molecule has 5 heteroatoms. The monoisotopic (exact) mass is 259 g/mol. The van der Waals surface area contributed by atoms with Crippen molar-refractivity contribution in [2.75, 3.05) is 12.8 Å². The quantitative estimate of drug-likeness (QED) is 0.619. The first kappa shape index (κ1) is 12.6. The molecule has 62 valence electrons. The van der Waals surface area contributed by atoms with Crippen LogP contribution >= 0.6 is 27.5 Å². The van der Waals surface area contributed by atoms with Gasteiger partial charge in [-0.25, -0.2) is 0 Å². The Morgan fingerprint density at radius 2 is 2.08 bits per heavy atom. The van der Waals surface area contributed by atoms with Gasteiger partial charge in [0.1, 0.15) is 5.75 Å². The van der Waals surface area contributed by atoms with Gasteiger partial charge in [0.2, 0.25) is 0 Å². The van der Waals surface area contributed by atoms with Crippen molar-refractivity contribution >= 4 is 62.8 Å². The van der Waals surface area contributed by atoms with Crippen molar-refractivity contribution in [2.24, 2.45) is 0 Å². The molecule has 1 aromatic rings. The van der Waals surface area contributed by atoms with Crippen LogP contribution < -0.4 is 10.5 Å². The Morgan fingerprint density at radius 1 is 1.50 bits per heavy atom. The molecule has 0 saturated heterocycles. The number of hydrogen-bond donors (Lipinski definition) is 1. The van der Waals surface area contributed by atoms with Crippen molar-refractivity contribution in [3.05, 3.63) is 21.6 Å². The molecule has 0 saturated carbocycles. The van der Waals surface area contributed by atoms with Gasteiger partial charge in [-0.15, -0.1) is 0 Å². The maximum atomic E-state index is 5.76. The Labute approximate surface area is 107 Å². The van der Waals surface area contributed by atoms with E-state index >= 15 is 0 Å². The fraction of sp³-hybridized carbons (Fsp3) is 0.143. The molecule has 0 aliphatic heterocycles. The summed E-state index contributed by atoms with van der Waals surface area (Å²) in [4.78, 5) is 0. The molecule has 0 unspecified atom stereocenters. The molecule has 0 bridgehead atoms. The predicted octanol–water partition coefficient (Wildman–Crippen LogP) is 2.04. The third-order valence-corrected chi connectivity index (χ3v) is 2.47. The number of anilines is 1. The second-order valence-corrected chi connectivity index (χ2v) is 3.27. The van der Waals surface area contributed by atoms with Crippen LogP contribution in [0.25, 0.3) is 0 Å². The number of hydrogen-bond acceptors (Lipinski definition) is 2. The van der Waals surface area contributed by atoms with E-state index < -0.39 is 0 Å². The molecule has 2 nitrogen and oxygen atoms in total. The van der Waals surface area contributed by atoms with Crippen LogP contribution in [0.4, 0.5) is 5.69 Å². The van der Waals surface area contributed by atoms with Crippen molar-refractivity contribution in [1.29, 1.82) is 0 Å². The Morgan fingerprint density at radius 3 is 2.58 bits per heavy atom. The van der Waals surface area contributed by atoms with E-state index in [0.29, 0.717) is 16.5 Å². The zero-order chi connectivity index (χ0) is 8.43. The molecular formula is C7H8BrClNNaO. The Kier molecular flexibility index (Phi) is 5.61. The average Bonchev–Trinajstić information content (AvgIpc) is 1.97. The maximum absolute atomic E-state index is 5.76. The normalized spacial score (nSPS) is 8.92. The van der Waals surface area contributed by atoms with E-state index in [1.54, 1.807) is 19.2 Å². The second-order valence-electron chi connectivity index (χ2n) is 2.01. The summed E-state index contributed by atoms with van der Waals surface area (Å²) >= 11 is 9.01. The van der Waals surface area contributed by atoms with Gasteiger partial charge < -0.3 is 10.5 Å². The van der Waals surface area contributed by atoms with E-state index in [-0.39, 0.29) is 29.6 Å². The van der Waals surface area contributed by atoms with E-state index in [0.717, 1.165) is 4.47 Å². The molecular weight excluding hydrogens is 252 g/mol. The minimum atomic E-state index is 0. The molecule has 0 radical (unpaired) electrons. The van der Waals surface area contributed by atoms with Crippen molar-refractivity contribution in [1.82, 2.24) is 0 Å². The van der Waals surface area contributed by atoms with Crippen molar-refractivity contribution in [2.45, 2.75) is 0 Å². The summed E-state index contributed by atoms with van der Waals surface area (Å²) < 4.78 is 5.75. The van der Waals surface area contributed by atoms with Gasteiger partial charge in [0.25, 0.3) is 0 Å². The third-order valence-electron chi connectivity index (χ3n) is 1.27. The Hall–Kier alpha value is 0.590. The molecule has 12 heavy (non-hydrogen) atoms. The van der Waals surface area contributed by atoms with Gasteiger partial charge in [0.15, 0.2) is 0 Å². The van der Waals surface area contributed by atoms with Crippen molar-refractivity contribution < 1.29 is 4.74 Å². The average molecular weight is 260 g/mol. The number of nitrogens with two attached hydrogens (primary N) is 1. The Balaban J connectivity index is 0.00000121. The van der Waals surface area contributed by atoms with E-state index in [1.165, 1.54) is 0 Å². The molecule has 0 aliphatic carbocycles. The van der Waals surface area contributed by atoms with Crippen LogP contribution in [0.15, 0.2) is 16.6 Å². The Bertz CT molecular complexity index is 282. The molecule has 1 aromatic carbocycles. The fourth-order valence-electron chi connectivity index (χ4n) is 0.721. The number of rotatable bonds is 1. The third kappa shape index (κ3) is 2.82. The van der Waals surface area contributed by atoms with Gasteiger partial charge in [-0.2, -0.15) is 0 Å². The number of methoxy groups -OCH3 is 1. The van der Waals surface area contributed by atoms with Crippen LogP contribution in [0, 0.1) is 0 Å². The second kappa shape index (κ2) is 5.35. The first-order chi connectivity index (χ1) is 5.15. The zero-order valence-corrected chi connectivity index (χ0v) is 8.24. The summed E-state index contributed by atoms with van der Waals surface area (Å²) in [7, 11) is 1.56. The van der Waals surface area contributed by atoms with Crippen LogP contribution in [0.1, 0.15) is 0 Å². The molecule has 0 fully saturated rings. The van der Waals surface area contributed by atoms with Crippen LogP contribution in [-0.4, -0.2) is 36.7 Å².